The molecule has 0 radical (unpaired) electrons. The van der Waals surface area contributed by atoms with Crippen LogP contribution in [0.1, 0.15) is 77.6 Å². The van der Waals surface area contributed by atoms with Crippen LogP contribution in [-0.2, 0) is 10.1 Å². The highest BCUT2D eigenvalue weighted by Gasteiger charge is 2.02. The van der Waals surface area contributed by atoms with Gasteiger partial charge in [-0.05, 0) is 20.5 Å². The second kappa shape index (κ2) is 16.9. The maximum absolute atomic E-state index is 10.4. The second-order valence-corrected chi connectivity index (χ2v) is 6.89. The van der Waals surface area contributed by atoms with Crippen molar-refractivity contribution in [1.82, 2.24) is 5.32 Å². The van der Waals surface area contributed by atoms with Gasteiger partial charge in [0, 0.05) is 0 Å². The number of unbranched alkanes of at least 4 members (excludes halogenated alkanes) is 10. The van der Waals surface area contributed by atoms with E-state index in [-0.39, 0.29) is 5.75 Å². The molecule has 0 aromatic carbocycles. The quantitative estimate of drug-likeness (QED) is 0.422. The van der Waals surface area contributed by atoms with Crippen LogP contribution in [0.25, 0.3) is 0 Å². The molecule has 2 N–H and O–H groups in total. The molecule has 0 aliphatic heterocycles. The maximum atomic E-state index is 10.4. The zero-order chi connectivity index (χ0) is 15.7. The van der Waals surface area contributed by atoms with E-state index in [2.05, 4.69) is 12.2 Å². The first-order valence-corrected chi connectivity index (χ1v) is 9.62. The third-order valence-electron chi connectivity index (χ3n) is 3.01. The molecule has 0 atom stereocenters. The Morgan fingerprint density at radius 2 is 1.05 bits per heavy atom. The Labute approximate surface area is 126 Å². The zero-order valence-electron chi connectivity index (χ0n) is 13.7. The van der Waals surface area contributed by atoms with Crippen molar-refractivity contribution in [2.75, 3.05) is 19.8 Å². The monoisotopic (exact) mass is 309 g/mol. The molecular formula is C15H35NO3S. The van der Waals surface area contributed by atoms with Gasteiger partial charge in [0.15, 0.2) is 0 Å². The lowest BCUT2D eigenvalue weighted by molar-refractivity contribution is 0.478. The smallest absolute Gasteiger partial charge is 0.264 e. The molecule has 0 amide bonds. The van der Waals surface area contributed by atoms with Crippen molar-refractivity contribution in [3.63, 3.8) is 0 Å². The maximum Gasteiger partial charge on any atom is 0.264 e. The average molecular weight is 310 g/mol. The van der Waals surface area contributed by atoms with Crippen LogP contribution >= 0.6 is 0 Å². The SMILES string of the molecule is CCCCCCCCCCCCCS(=O)(=O)O.CNC. The third-order valence-corrected chi connectivity index (χ3v) is 3.81. The van der Waals surface area contributed by atoms with E-state index in [1.165, 1.54) is 51.4 Å². The van der Waals surface area contributed by atoms with Gasteiger partial charge in [0.2, 0.25) is 0 Å². The summed E-state index contributed by atoms with van der Waals surface area (Å²) in [5.74, 6) is -0.0793. The predicted molar refractivity (Wildman–Crippen MR) is 87.9 cm³/mol. The molecule has 124 valence electrons. The lowest BCUT2D eigenvalue weighted by Gasteiger charge is -2.01. The molecule has 0 aliphatic rings. The summed E-state index contributed by atoms with van der Waals surface area (Å²) in [5.41, 5.74) is 0. The fourth-order valence-corrected chi connectivity index (χ4v) is 2.52. The molecule has 5 heteroatoms. The van der Waals surface area contributed by atoms with Gasteiger partial charge < -0.3 is 5.32 Å². The van der Waals surface area contributed by atoms with Crippen molar-refractivity contribution >= 4 is 10.1 Å². The Kier molecular flexibility index (Phi) is 18.7. The van der Waals surface area contributed by atoms with Crippen LogP contribution in [0.2, 0.25) is 0 Å². The van der Waals surface area contributed by atoms with E-state index in [0.29, 0.717) is 6.42 Å². The van der Waals surface area contributed by atoms with E-state index in [1.54, 1.807) is 0 Å². The molecule has 20 heavy (non-hydrogen) atoms. The van der Waals surface area contributed by atoms with Crippen molar-refractivity contribution in [3.8, 4) is 0 Å². The van der Waals surface area contributed by atoms with Crippen LogP contribution in [0.4, 0.5) is 0 Å². The van der Waals surface area contributed by atoms with E-state index < -0.39 is 10.1 Å². The molecule has 0 aromatic heterocycles. The molecule has 0 spiro atoms. The van der Waals surface area contributed by atoms with Crippen LogP contribution in [0, 0.1) is 0 Å². The molecule has 0 unspecified atom stereocenters. The molecule has 0 aromatic rings. The molecule has 0 rings (SSSR count). The Bertz CT molecular complexity index is 266. The van der Waals surface area contributed by atoms with Gasteiger partial charge >= 0.3 is 0 Å². The minimum absolute atomic E-state index is 0.0793. The molecule has 0 heterocycles. The van der Waals surface area contributed by atoms with E-state index in [4.69, 9.17) is 4.55 Å². The van der Waals surface area contributed by atoms with Gasteiger partial charge in [0.1, 0.15) is 0 Å². The summed E-state index contributed by atoms with van der Waals surface area (Å²) in [5, 5.41) is 2.75. The minimum atomic E-state index is -3.73. The van der Waals surface area contributed by atoms with Gasteiger partial charge in [0.25, 0.3) is 10.1 Å². The highest BCUT2D eigenvalue weighted by molar-refractivity contribution is 7.85. The normalized spacial score (nSPS) is 11.0. The summed E-state index contributed by atoms with van der Waals surface area (Å²) >= 11 is 0. The van der Waals surface area contributed by atoms with Gasteiger partial charge in [0.05, 0.1) is 5.75 Å². The third kappa shape index (κ3) is 26.4. The first-order valence-electron chi connectivity index (χ1n) is 8.01. The number of hydrogen-bond acceptors (Lipinski definition) is 3. The average Bonchev–Trinajstić information content (AvgIpc) is 2.35. The Morgan fingerprint density at radius 1 is 0.750 bits per heavy atom. The Morgan fingerprint density at radius 3 is 1.35 bits per heavy atom. The molecule has 0 aliphatic carbocycles. The molecule has 4 nitrogen and oxygen atoms in total. The summed E-state index contributed by atoms with van der Waals surface area (Å²) in [7, 11) is 0.0156. The van der Waals surface area contributed by atoms with Gasteiger partial charge in [-0.1, -0.05) is 71.1 Å². The van der Waals surface area contributed by atoms with Gasteiger partial charge in [-0.25, -0.2) is 0 Å². The summed E-state index contributed by atoms with van der Waals surface area (Å²) in [6.45, 7) is 2.23. The Balaban J connectivity index is 0. The summed E-state index contributed by atoms with van der Waals surface area (Å²) in [6, 6.07) is 0. The number of hydrogen-bond donors (Lipinski definition) is 2. The van der Waals surface area contributed by atoms with Crippen molar-refractivity contribution in [2.24, 2.45) is 0 Å². The molecular weight excluding hydrogens is 274 g/mol. The first-order chi connectivity index (χ1) is 9.47. The fraction of sp³-hybridized carbons (Fsp3) is 1.00. The van der Waals surface area contributed by atoms with Crippen LogP contribution in [0.15, 0.2) is 0 Å². The minimum Gasteiger partial charge on any atom is -0.323 e. The fourth-order valence-electron chi connectivity index (χ4n) is 1.95. The zero-order valence-corrected chi connectivity index (χ0v) is 14.5. The molecule has 0 saturated carbocycles. The first kappa shape index (κ1) is 22.2. The standard InChI is InChI=1S/C13H28O3S.C2H7N/c1-2-3-4-5-6-7-8-9-10-11-12-13-17(14,15)16;1-3-2/h2-13H2,1H3,(H,14,15,16);3H,1-2H3. The van der Waals surface area contributed by atoms with Gasteiger partial charge in [-0.15, -0.1) is 0 Å². The largest absolute Gasteiger partial charge is 0.323 e. The van der Waals surface area contributed by atoms with Crippen molar-refractivity contribution in [2.45, 2.75) is 77.6 Å². The highest BCUT2D eigenvalue weighted by atomic mass is 32.2. The summed E-state index contributed by atoms with van der Waals surface area (Å²) in [4.78, 5) is 0. The number of rotatable bonds is 12. The van der Waals surface area contributed by atoms with E-state index in [9.17, 15) is 8.42 Å². The molecule has 0 saturated heterocycles. The van der Waals surface area contributed by atoms with E-state index in [0.717, 1.165) is 12.8 Å². The predicted octanol–water partition coefficient (Wildman–Crippen LogP) is 4.02. The van der Waals surface area contributed by atoms with Crippen molar-refractivity contribution < 1.29 is 13.0 Å². The second-order valence-electron chi connectivity index (χ2n) is 5.32. The van der Waals surface area contributed by atoms with Crippen molar-refractivity contribution in [1.29, 1.82) is 0 Å². The molecule has 0 bridgehead atoms. The summed E-state index contributed by atoms with van der Waals surface area (Å²) < 4.78 is 29.4. The van der Waals surface area contributed by atoms with Gasteiger partial charge in [-0.2, -0.15) is 8.42 Å². The van der Waals surface area contributed by atoms with Crippen LogP contribution in [0.5, 0.6) is 0 Å². The topological polar surface area (TPSA) is 66.4 Å². The lowest BCUT2D eigenvalue weighted by Crippen LogP contribution is -2.03. The Hall–Kier alpha value is -0.130. The summed E-state index contributed by atoms with van der Waals surface area (Å²) in [6.07, 6.45) is 13.1. The lowest BCUT2D eigenvalue weighted by atomic mass is 10.1. The van der Waals surface area contributed by atoms with Crippen LogP contribution < -0.4 is 5.32 Å². The van der Waals surface area contributed by atoms with E-state index in [1.807, 2.05) is 14.1 Å². The van der Waals surface area contributed by atoms with Crippen molar-refractivity contribution in [3.05, 3.63) is 0 Å². The highest BCUT2D eigenvalue weighted by Crippen LogP contribution is 2.11. The molecule has 0 fully saturated rings. The van der Waals surface area contributed by atoms with Crippen LogP contribution in [0.3, 0.4) is 0 Å². The number of nitrogens with one attached hydrogen (secondary N) is 1. The van der Waals surface area contributed by atoms with E-state index >= 15 is 0 Å². The van der Waals surface area contributed by atoms with Crippen LogP contribution in [-0.4, -0.2) is 32.8 Å². The van der Waals surface area contributed by atoms with Gasteiger partial charge in [-0.3, -0.25) is 4.55 Å².